The number of rotatable bonds is 6. The monoisotopic (exact) mass is 301 g/mol. The minimum absolute atomic E-state index is 0.0424. The molecule has 0 aromatic heterocycles. The molecule has 1 aliphatic heterocycles. The van der Waals surface area contributed by atoms with E-state index in [1.54, 1.807) is 11.0 Å². The van der Waals surface area contributed by atoms with E-state index in [1.807, 2.05) is 35.2 Å². The number of hydrogen-bond acceptors (Lipinski definition) is 3. The number of anilines is 1. The molecule has 2 amide bonds. The Morgan fingerprint density at radius 2 is 2.05 bits per heavy atom. The number of nitrogens with two attached hydrogens (primary N) is 1. The quantitative estimate of drug-likeness (QED) is 0.811. The van der Waals surface area contributed by atoms with Crippen molar-refractivity contribution < 1.29 is 9.59 Å². The highest BCUT2D eigenvalue weighted by Gasteiger charge is 2.29. The van der Waals surface area contributed by atoms with Crippen LogP contribution in [0.5, 0.6) is 0 Å². The molecule has 1 saturated heterocycles. The lowest BCUT2D eigenvalue weighted by Gasteiger charge is -2.34. The Bertz CT molecular complexity index is 530. The molecule has 0 bridgehead atoms. The second kappa shape index (κ2) is 7.75. The van der Waals surface area contributed by atoms with Gasteiger partial charge < -0.3 is 10.6 Å². The van der Waals surface area contributed by atoms with Gasteiger partial charge in [-0.1, -0.05) is 30.7 Å². The Morgan fingerprint density at radius 3 is 2.68 bits per heavy atom. The van der Waals surface area contributed by atoms with E-state index in [9.17, 15) is 9.59 Å². The molecule has 1 fully saturated rings. The third-order valence-electron chi connectivity index (χ3n) is 3.96. The number of likely N-dealkylation sites (tertiary alicyclic amines) is 1. The van der Waals surface area contributed by atoms with Gasteiger partial charge in [-0.3, -0.25) is 14.5 Å². The molecule has 1 unspecified atom stereocenters. The van der Waals surface area contributed by atoms with E-state index < -0.39 is 0 Å². The van der Waals surface area contributed by atoms with Crippen LogP contribution in [0.25, 0.3) is 0 Å². The summed E-state index contributed by atoms with van der Waals surface area (Å²) in [5.74, 6) is -0.387. The largest absolute Gasteiger partial charge is 0.368 e. The number of nitrogens with zero attached hydrogens (tertiary/aromatic N) is 2. The van der Waals surface area contributed by atoms with Gasteiger partial charge >= 0.3 is 0 Å². The molecule has 1 atom stereocenters. The molecular weight excluding hydrogens is 278 g/mol. The van der Waals surface area contributed by atoms with Gasteiger partial charge in [0.2, 0.25) is 11.8 Å². The first-order valence-corrected chi connectivity index (χ1v) is 7.63. The highest BCUT2D eigenvalue weighted by atomic mass is 16.2. The lowest BCUT2D eigenvalue weighted by molar-refractivity contribution is -0.127. The second-order valence-corrected chi connectivity index (χ2v) is 5.51. The van der Waals surface area contributed by atoms with Gasteiger partial charge in [0.25, 0.3) is 0 Å². The van der Waals surface area contributed by atoms with Gasteiger partial charge in [-0.15, -0.1) is 6.58 Å². The fourth-order valence-electron chi connectivity index (χ4n) is 2.85. The maximum absolute atomic E-state index is 12.7. The molecular formula is C17H23N3O2. The normalized spacial score (nSPS) is 18.6. The lowest BCUT2D eigenvalue weighted by atomic mass is 10.0. The maximum atomic E-state index is 12.7. The van der Waals surface area contributed by atoms with Crippen molar-refractivity contribution in [3.8, 4) is 0 Å². The summed E-state index contributed by atoms with van der Waals surface area (Å²) in [4.78, 5) is 27.8. The average molecular weight is 301 g/mol. The minimum atomic E-state index is -0.345. The first kappa shape index (κ1) is 16.2. The first-order valence-electron chi connectivity index (χ1n) is 7.63. The van der Waals surface area contributed by atoms with E-state index in [-0.39, 0.29) is 24.4 Å². The molecule has 22 heavy (non-hydrogen) atoms. The number of carbonyl (C=O) groups excluding carboxylic acids is 2. The molecule has 0 radical (unpaired) electrons. The fraction of sp³-hybridized carbons (Fsp3) is 0.412. The molecule has 2 rings (SSSR count). The molecule has 0 spiro atoms. The van der Waals surface area contributed by atoms with Crippen molar-refractivity contribution in [1.82, 2.24) is 4.90 Å². The summed E-state index contributed by atoms with van der Waals surface area (Å²) in [6, 6.07) is 9.15. The van der Waals surface area contributed by atoms with E-state index >= 15 is 0 Å². The summed E-state index contributed by atoms with van der Waals surface area (Å²) in [7, 11) is 0. The van der Waals surface area contributed by atoms with E-state index in [1.165, 1.54) is 0 Å². The molecule has 1 aliphatic rings. The van der Waals surface area contributed by atoms with Crippen molar-refractivity contribution >= 4 is 17.5 Å². The van der Waals surface area contributed by atoms with Crippen LogP contribution in [-0.4, -0.2) is 42.4 Å². The molecule has 5 heteroatoms. The van der Waals surface area contributed by atoms with E-state index in [0.717, 1.165) is 31.5 Å². The summed E-state index contributed by atoms with van der Waals surface area (Å²) in [5.41, 5.74) is 6.29. The molecule has 118 valence electrons. The number of carbonyl (C=O) groups is 2. The Hall–Kier alpha value is -2.14. The van der Waals surface area contributed by atoms with Crippen LogP contribution in [0.15, 0.2) is 43.0 Å². The SMILES string of the molecule is C=CCN(C(=O)CN1CCCCC1C(N)=O)c1ccccc1. The number of hydrogen-bond donors (Lipinski definition) is 1. The van der Waals surface area contributed by atoms with Crippen molar-refractivity contribution in [2.45, 2.75) is 25.3 Å². The van der Waals surface area contributed by atoms with Crippen LogP contribution in [0, 0.1) is 0 Å². The van der Waals surface area contributed by atoms with Gasteiger partial charge in [-0.2, -0.15) is 0 Å². The van der Waals surface area contributed by atoms with Crippen LogP contribution in [0.1, 0.15) is 19.3 Å². The molecule has 1 aromatic rings. The first-order chi connectivity index (χ1) is 10.6. The lowest BCUT2D eigenvalue weighted by Crippen LogP contribution is -2.51. The summed E-state index contributed by atoms with van der Waals surface area (Å²) in [6.45, 7) is 5.10. The Balaban J connectivity index is 2.10. The summed E-state index contributed by atoms with van der Waals surface area (Å²) in [5, 5.41) is 0. The highest BCUT2D eigenvalue weighted by Crippen LogP contribution is 2.18. The van der Waals surface area contributed by atoms with Crippen LogP contribution in [-0.2, 0) is 9.59 Å². The number of piperidine rings is 1. The van der Waals surface area contributed by atoms with Crippen LogP contribution < -0.4 is 10.6 Å². The molecule has 1 heterocycles. The van der Waals surface area contributed by atoms with Gasteiger partial charge in [0.1, 0.15) is 0 Å². The van der Waals surface area contributed by atoms with Gasteiger partial charge in [0.05, 0.1) is 12.6 Å². The van der Waals surface area contributed by atoms with E-state index in [4.69, 9.17) is 5.73 Å². The molecule has 2 N–H and O–H groups in total. The van der Waals surface area contributed by atoms with Crippen LogP contribution in [0.3, 0.4) is 0 Å². The third-order valence-corrected chi connectivity index (χ3v) is 3.96. The van der Waals surface area contributed by atoms with E-state index in [2.05, 4.69) is 6.58 Å². The highest BCUT2D eigenvalue weighted by molar-refractivity contribution is 5.95. The van der Waals surface area contributed by atoms with Crippen molar-refractivity contribution in [2.24, 2.45) is 5.73 Å². The average Bonchev–Trinajstić information content (AvgIpc) is 2.53. The smallest absolute Gasteiger partial charge is 0.241 e. The van der Waals surface area contributed by atoms with Gasteiger partial charge in [0.15, 0.2) is 0 Å². The zero-order valence-corrected chi connectivity index (χ0v) is 12.8. The molecule has 0 saturated carbocycles. The van der Waals surface area contributed by atoms with Crippen LogP contribution in [0.4, 0.5) is 5.69 Å². The van der Waals surface area contributed by atoms with E-state index in [0.29, 0.717) is 6.54 Å². The van der Waals surface area contributed by atoms with Crippen LogP contribution >= 0.6 is 0 Å². The predicted molar refractivity (Wildman–Crippen MR) is 87.4 cm³/mol. The third kappa shape index (κ3) is 3.95. The molecule has 5 nitrogen and oxygen atoms in total. The number of primary amides is 1. The zero-order valence-electron chi connectivity index (χ0n) is 12.8. The number of benzene rings is 1. The second-order valence-electron chi connectivity index (χ2n) is 5.51. The molecule has 1 aromatic carbocycles. The topological polar surface area (TPSA) is 66.6 Å². The Morgan fingerprint density at radius 1 is 1.32 bits per heavy atom. The van der Waals surface area contributed by atoms with Crippen molar-refractivity contribution in [3.63, 3.8) is 0 Å². The Labute approximate surface area is 131 Å². The minimum Gasteiger partial charge on any atom is -0.368 e. The number of amides is 2. The zero-order chi connectivity index (χ0) is 15.9. The van der Waals surface area contributed by atoms with Gasteiger partial charge in [-0.05, 0) is 31.5 Å². The van der Waals surface area contributed by atoms with Crippen molar-refractivity contribution in [1.29, 1.82) is 0 Å². The number of para-hydroxylation sites is 1. The van der Waals surface area contributed by atoms with Crippen LogP contribution in [0.2, 0.25) is 0 Å². The fourth-order valence-corrected chi connectivity index (χ4v) is 2.85. The maximum Gasteiger partial charge on any atom is 0.241 e. The predicted octanol–water partition coefficient (Wildman–Crippen LogP) is 1.55. The van der Waals surface area contributed by atoms with Crippen molar-refractivity contribution in [2.75, 3.05) is 24.5 Å². The van der Waals surface area contributed by atoms with Gasteiger partial charge in [0, 0.05) is 12.2 Å². The summed E-state index contributed by atoms with van der Waals surface area (Å²) < 4.78 is 0. The summed E-state index contributed by atoms with van der Waals surface area (Å²) in [6.07, 6.45) is 4.40. The van der Waals surface area contributed by atoms with Gasteiger partial charge in [-0.25, -0.2) is 0 Å². The standard InChI is InChI=1S/C17H23N3O2/c1-2-11-20(14-8-4-3-5-9-14)16(21)13-19-12-7-6-10-15(19)17(18)22/h2-5,8-9,15H,1,6-7,10-13H2,(H2,18,22). The summed E-state index contributed by atoms with van der Waals surface area (Å²) >= 11 is 0. The van der Waals surface area contributed by atoms with Crippen molar-refractivity contribution in [3.05, 3.63) is 43.0 Å². The molecule has 0 aliphatic carbocycles. The Kier molecular flexibility index (Phi) is 5.72.